The van der Waals surface area contributed by atoms with Gasteiger partial charge in [-0.25, -0.2) is 4.98 Å². The molecule has 0 bridgehead atoms. The third-order valence-corrected chi connectivity index (χ3v) is 10.9. The summed E-state index contributed by atoms with van der Waals surface area (Å²) in [6.45, 7) is 5.05. The minimum absolute atomic E-state index is 0.152. The number of carbonyl (C=O) groups excluding carboxylic acids is 3. The van der Waals surface area contributed by atoms with Gasteiger partial charge in [0, 0.05) is 22.8 Å². The van der Waals surface area contributed by atoms with Crippen LogP contribution in [0.1, 0.15) is 108 Å². The third kappa shape index (κ3) is 9.74. The van der Waals surface area contributed by atoms with Crippen LogP contribution in [0, 0.1) is 5.92 Å². The monoisotopic (exact) mass is 796 g/mol. The van der Waals surface area contributed by atoms with Crippen LogP contribution in [0.15, 0.2) is 79.0 Å². The summed E-state index contributed by atoms with van der Waals surface area (Å²) in [7, 11) is 0. The molecule has 7 rings (SSSR count). The summed E-state index contributed by atoms with van der Waals surface area (Å²) in [4.78, 5) is 40.8. The van der Waals surface area contributed by atoms with Crippen molar-refractivity contribution in [3.8, 4) is 11.5 Å². The normalized spacial score (nSPS) is 17.2. The van der Waals surface area contributed by atoms with Gasteiger partial charge in [-0.2, -0.15) is 18.3 Å². The van der Waals surface area contributed by atoms with Crippen molar-refractivity contribution in [3.05, 3.63) is 113 Å². The Bertz CT molecular complexity index is 2310. The quantitative estimate of drug-likeness (QED) is 0.0649. The molecule has 2 aromatic heterocycles. The topological polar surface area (TPSA) is 147 Å². The fourth-order valence-electron chi connectivity index (χ4n) is 7.83. The molecule has 3 heterocycles. The predicted octanol–water partition coefficient (Wildman–Crippen LogP) is 8.27. The number of nitrogens with one attached hydrogen (secondary N) is 3. The van der Waals surface area contributed by atoms with Crippen LogP contribution in [0.25, 0.3) is 10.9 Å². The first kappa shape index (κ1) is 40.6. The van der Waals surface area contributed by atoms with Crippen molar-refractivity contribution in [1.82, 2.24) is 25.4 Å². The van der Waals surface area contributed by atoms with Crippen molar-refractivity contribution in [2.75, 3.05) is 18.4 Å². The highest BCUT2D eigenvalue weighted by Crippen LogP contribution is 2.36. The molecule has 0 radical (unpaired) electrons. The Morgan fingerprint density at radius 3 is 2.52 bits per heavy atom. The number of rotatable bonds is 14. The van der Waals surface area contributed by atoms with Crippen molar-refractivity contribution < 1.29 is 37.4 Å². The van der Waals surface area contributed by atoms with Gasteiger partial charge in [0.05, 0.1) is 29.1 Å². The van der Waals surface area contributed by atoms with E-state index in [-0.39, 0.29) is 29.8 Å². The number of aromatic nitrogens is 3. The lowest BCUT2D eigenvalue weighted by atomic mass is 9.86. The summed E-state index contributed by atoms with van der Waals surface area (Å²) in [6.07, 6.45) is 5.54. The van der Waals surface area contributed by atoms with Crippen LogP contribution >= 0.6 is 0 Å². The first-order chi connectivity index (χ1) is 27.7. The van der Waals surface area contributed by atoms with E-state index in [9.17, 15) is 32.7 Å². The molecule has 3 amide bonds. The molecule has 4 N–H and O–H groups in total. The molecule has 0 atom stereocenters. The zero-order chi connectivity index (χ0) is 41.0. The molecule has 3 aromatic carbocycles. The number of unbranched alkanes of at least 4 members (excludes halogenated alkanes) is 2. The van der Waals surface area contributed by atoms with Crippen LogP contribution in [0.5, 0.6) is 11.5 Å². The van der Waals surface area contributed by atoms with Crippen molar-refractivity contribution >= 4 is 34.3 Å². The summed E-state index contributed by atoms with van der Waals surface area (Å²) in [5, 5.41) is 25.2. The van der Waals surface area contributed by atoms with Gasteiger partial charge in [-0.3, -0.25) is 24.4 Å². The smallest absolute Gasteiger partial charge is 0.433 e. The number of hydrogen-bond donors (Lipinski definition) is 4. The SMILES string of the molecule is CC(C)(O)c1cc2nn(C3CCC(CNCCCCCc4cccc(Oc5cccc6c5C(=O)NC(=O)C6)c4)CC3)cc2cc1NC(=O)c1cccc(C(F)(F)F)n1. The second-order valence-corrected chi connectivity index (χ2v) is 15.8. The van der Waals surface area contributed by atoms with Gasteiger partial charge in [0.2, 0.25) is 5.91 Å². The van der Waals surface area contributed by atoms with E-state index in [2.05, 4.69) is 27.0 Å². The number of imide groups is 1. The Morgan fingerprint density at radius 1 is 0.966 bits per heavy atom. The number of fused-ring (bicyclic) bond motifs is 2. The van der Waals surface area contributed by atoms with E-state index in [0.717, 1.165) is 87.5 Å². The number of benzene rings is 3. The summed E-state index contributed by atoms with van der Waals surface area (Å²) in [5.74, 6) is 0.0996. The average molecular weight is 797 g/mol. The molecule has 304 valence electrons. The van der Waals surface area contributed by atoms with Gasteiger partial charge >= 0.3 is 6.18 Å². The second kappa shape index (κ2) is 17.1. The van der Waals surface area contributed by atoms with Crippen LogP contribution in [0.3, 0.4) is 0 Å². The number of hydrogen-bond acceptors (Lipinski definition) is 8. The number of halogens is 3. The van der Waals surface area contributed by atoms with Gasteiger partial charge in [0.1, 0.15) is 22.9 Å². The molecule has 14 heteroatoms. The summed E-state index contributed by atoms with van der Waals surface area (Å²) in [5.41, 5.74) is 0.635. The van der Waals surface area contributed by atoms with Crippen molar-refractivity contribution in [2.24, 2.45) is 5.92 Å². The van der Waals surface area contributed by atoms with Gasteiger partial charge in [-0.15, -0.1) is 0 Å². The van der Waals surface area contributed by atoms with Gasteiger partial charge in [0.15, 0.2) is 0 Å². The molecule has 11 nitrogen and oxygen atoms in total. The number of amides is 3. The number of nitrogens with zero attached hydrogens (tertiary/aromatic N) is 3. The first-order valence-electron chi connectivity index (χ1n) is 19.8. The number of aryl methyl sites for hydroxylation is 1. The van der Waals surface area contributed by atoms with Gasteiger partial charge in [-0.05, 0) is 131 Å². The number of anilines is 1. The average Bonchev–Trinajstić information content (AvgIpc) is 3.60. The molecule has 1 aliphatic heterocycles. The lowest BCUT2D eigenvalue weighted by Gasteiger charge is -2.28. The van der Waals surface area contributed by atoms with Gasteiger partial charge in [0.25, 0.3) is 11.8 Å². The molecule has 0 spiro atoms. The van der Waals surface area contributed by atoms with Crippen LogP contribution in [-0.2, 0) is 29.4 Å². The second-order valence-electron chi connectivity index (χ2n) is 15.8. The summed E-state index contributed by atoms with van der Waals surface area (Å²) >= 11 is 0. The first-order valence-corrected chi connectivity index (χ1v) is 19.8. The van der Waals surface area contributed by atoms with E-state index in [1.807, 2.05) is 29.1 Å². The number of aliphatic hydroxyl groups is 1. The Kier molecular flexibility index (Phi) is 12.0. The number of carbonyl (C=O) groups is 3. The van der Waals surface area contributed by atoms with E-state index < -0.39 is 29.3 Å². The number of ether oxygens (including phenoxy) is 1. The summed E-state index contributed by atoms with van der Waals surface area (Å²) < 4.78 is 47.7. The highest BCUT2D eigenvalue weighted by atomic mass is 19.4. The van der Waals surface area contributed by atoms with E-state index in [0.29, 0.717) is 39.6 Å². The van der Waals surface area contributed by atoms with Crippen LogP contribution in [-0.4, -0.2) is 50.7 Å². The lowest BCUT2D eigenvalue weighted by molar-refractivity contribution is -0.141. The Morgan fingerprint density at radius 2 is 1.74 bits per heavy atom. The maximum absolute atomic E-state index is 13.2. The molecule has 0 unspecified atom stereocenters. The van der Waals surface area contributed by atoms with Gasteiger partial charge < -0.3 is 20.5 Å². The molecule has 5 aromatic rings. The Labute approximate surface area is 334 Å². The minimum Gasteiger partial charge on any atom is -0.457 e. The molecule has 1 saturated carbocycles. The minimum atomic E-state index is -4.69. The molecular formula is C44H47F3N6O5. The maximum atomic E-state index is 13.2. The zero-order valence-corrected chi connectivity index (χ0v) is 32.5. The van der Waals surface area contributed by atoms with Crippen molar-refractivity contribution in [2.45, 2.75) is 89.5 Å². The van der Waals surface area contributed by atoms with Crippen LogP contribution in [0.2, 0.25) is 0 Å². The van der Waals surface area contributed by atoms with Crippen LogP contribution in [0.4, 0.5) is 18.9 Å². The predicted molar refractivity (Wildman–Crippen MR) is 213 cm³/mol. The molecule has 2 aliphatic rings. The lowest BCUT2D eigenvalue weighted by Crippen LogP contribution is -2.37. The highest BCUT2D eigenvalue weighted by molar-refractivity contribution is 6.11. The molecule has 1 fully saturated rings. The van der Waals surface area contributed by atoms with E-state index >= 15 is 0 Å². The van der Waals surface area contributed by atoms with Crippen molar-refractivity contribution in [1.29, 1.82) is 0 Å². The maximum Gasteiger partial charge on any atom is 0.433 e. The van der Waals surface area contributed by atoms with Gasteiger partial charge in [-0.1, -0.05) is 36.8 Å². The van der Waals surface area contributed by atoms with E-state index in [4.69, 9.17) is 9.84 Å². The fourth-order valence-corrected chi connectivity index (χ4v) is 7.83. The highest BCUT2D eigenvalue weighted by Gasteiger charge is 2.33. The Balaban J connectivity index is 0.852. The van der Waals surface area contributed by atoms with Crippen molar-refractivity contribution in [3.63, 3.8) is 0 Å². The largest absolute Gasteiger partial charge is 0.457 e. The summed E-state index contributed by atoms with van der Waals surface area (Å²) in [6, 6.07) is 20.0. The molecule has 58 heavy (non-hydrogen) atoms. The fraction of sp³-hybridized carbons (Fsp3) is 0.386. The molecular weight excluding hydrogens is 750 g/mol. The van der Waals surface area contributed by atoms with E-state index in [1.54, 1.807) is 44.2 Å². The number of pyridine rings is 1. The number of alkyl halides is 3. The third-order valence-electron chi connectivity index (χ3n) is 10.9. The standard InChI is InChI=1S/C44H47F3N6O5/c1-43(2,57)33-24-35-30(22-36(33)50-41(55)34-13-8-15-38(49-34)44(45,46)47)26-53(52-35)31-18-16-28(17-19-31)25-48-20-5-3-4-9-27-10-6-12-32(21-27)58-37-14-7-11-29-23-39(54)51-42(56)40(29)37/h6-8,10-15,21-22,24,26,28,31,48,57H,3-5,9,16-20,23,25H2,1-2H3,(H,50,55)(H,51,54,56). The zero-order valence-electron chi connectivity index (χ0n) is 32.5. The van der Waals surface area contributed by atoms with E-state index in [1.165, 1.54) is 6.07 Å². The molecule has 0 saturated heterocycles. The Hall–Kier alpha value is -5.60. The molecule has 1 aliphatic carbocycles. The van der Waals surface area contributed by atoms with Crippen LogP contribution < -0.4 is 20.7 Å².